The number of carbonyl (C=O) groups excluding carboxylic acids is 1. The molecule has 0 radical (unpaired) electrons. The average molecular weight is 242 g/mol. The van der Waals surface area contributed by atoms with E-state index in [-0.39, 0.29) is 17.1 Å². The van der Waals surface area contributed by atoms with Gasteiger partial charge in [0.2, 0.25) is 6.20 Å². The van der Waals surface area contributed by atoms with Gasteiger partial charge < -0.3 is 14.7 Å². The molecule has 92 valence electrons. The van der Waals surface area contributed by atoms with Gasteiger partial charge in [-0.3, -0.25) is 10.1 Å². The van der Waals surface area contributed by atoms with Crippen LogP contribution in [0.25, 0.3) is 0 Å². The zero-order chi connectivity index (χ0) is 13.0. The number of methoxy groups -OCH3 is 1. The van der Waals surface area contributed by atoms with Gasteiger partial charge in [0.25, 0.3) is 5.75 Å². The lowest BCUT2D eigenvalue weighted by Gasteiger charge is -2.06. The van der Waals surface area contributed by atoms with Crippen molar-refractivity contribution in [3.05, 3.63) is 33.3 Å². The molecular weight excluding hydrogens is 232 g/mol. The van der Waals surface area contributed by atoms with Crippen LogP contribution in [0.5, 0.6) is 5.75 Å². The first kappa shape index (κ1) is 12.7. The molecule has 0 fully saturated rings. The van der Waals surface area contributed by atoms with E-state index in [1.54, 1.807) is 0 Å². The topological polar surface area (TPSA) is 106 Å². The van der Waals surface area contributed by atoms with E-state index >= 15 is 0 Å². The summed E-state index contributed by atoms with van der Waals surface area (Å²) in [4.78, 5) is 20.8. The number of hydrogen-bond acceptors (Lipinski definition) is 6. The van der Waals surface area contributed by atoms with Gasteiger partial charge in [-0.05, 0) is 0 Å². The van der Waals surface area contributed by atoms with Crippen LogP contribution in [0.15, 0.2) is 12.3 Å². The summed E-state index contributed by atoms with van der Waals surface area (Å²) in [5, 5.41) is 21.9. The molecule has 0 atom stereocenters. The Morgan fingerprint density at radius 3 is 2.76 bits per heavy atom. The number of rotatable bonds is 4. The largest absolute Gasteiger partial charge is 0.618 e. The van der Waals surface area contributed by atoms with Gasteiger partial charge in [0.1, 0.15) is 0 Å². The Morgan fingerprint density at radius 1 is 1.59 bits per heavy atom. The average Bonchev–Trinajstić information content (AvgIpc) is 2.29. The lowest BCUT2D eigenvalue weighted by Crippen LogP contribution is -2.30. The third-order valence-corrected chi connectivity index (χ3v) is 1.95. The van der Waals surface area contributed by atoms with E-state index in [0.717, 1.165) is 19.4 Å². The third-order valence-electron chi connectivity index (χ3n) is 1.95. The maximum Gasteiger partial charge on any atom is 0.343 e. The standard InChI is InChI=1S/C9H10N2O6/c1-6-3-7(11(14)15)8(4-10(6)13)17-5-9(12)16-2/h3-4H,5H2,1-2H3. The second-order valence-corrected chi connectivity index (χ2v) is 3.11. The predicted octanol–water partition coefficient (Wildman–Crippen LogP) is 0.0884. The molecule has 0 spiro atoms. The van der Waals surface area contributed by atoms with Crippen molar-refractivity contribution in [1.29, 1.82) is 0 Å². The second-order valence-electron chi connectivity index (χ2n) is 3.11. The van der Waals surface area contributed by atoms with E-state index < -0.39 is 17.5 Å². The highest BCUT2D eigenvalue weighted by Gasteiger charge is 2.22. The van der Waals surface area contributed by atoms with Crippen molar-refractivity contribution in [2.75, 3.05) is 13.7 Å². The number of hydrogen-bond donors (Lipinski definition) is 0. The number of carbonyl (C=O) groups is 1. The molecule has 1 aromatic heterocycles. The molecule has 8 nitrogen and oxygen atoms in total. The Hall–Kier alpha value is -2.38. The van der Waals surface area contributed by atoms with Gasteiger partial charge in [-0.15, -0.1) is 0 Å². The summed E-state index contributed by atoms with van der Waals surface area (Å²) in [6, 6.07) is 1.07. The molecule has 0 amide bonds. The minimum Gasteiger partial charge on any atom is -0.618 e. The minimum atomic E-state index is -0.697. The lowest BCUT2D eigenvalue weighted by molar-refractivity contribution is -0.613. The van der Waals surface area contributed by atoms with Gasteiger partial charge in [-0.2, -0.15) is 4.73 Å². The number of aromatic nitrogens is 1. The Balaban J connectivity index is 3.00. The molecule has 0 unspecified atom stereocenters. The van der Waals surface area contributed by atoms with Crippen LogP contribution in [-0.4, -0.2) is 24.6 Å². The van der Waals surface area contributed by atoms with Crippen LogP contribution < -0.4 is 9.47 Å². The zero-order valence-electron chi connectivity index (χ0n) is 9.21. The van der Waals surface area contributed by atoms with Crippen molar-refractivity contribution in [2.24, 2.45) is 0 Å². The normalized spacial score (nSPS) is 9.76. The van der Waals surface area contributed by atoms with Crippen LogP contribution >= 0.6 is 0 Å². The first-order valence-electron chi connectivity index (χ1n) is 4.53. The van der Waals surface area contributed by atoms with Crippen molar-refractivity contribution in [1.82, 2.24) is 0 Å². The van der Waals surface area contributed by atoms with E-state index in [2.05, 4.69) is 4.74 Å². The number of pyridine rings is 1. The first-order chi connectivity index (χ1) is 7.95. The third kappa shape index (κ3) is 3.03. The summed E-state index contributed by atoms with van der Waals surface area (Å²) in [6.07, 6.45) is 0.899. The highest BCUT2D eigenvalue weighted by Crippen LogP contribution is 2.25. The van der Waals surface area contributed by atoms with Crippen LogP contribution in [0.2, 0.25) is 0 Å². The molecule has 1 rings (SSSR count). The molecule has 0 saturated heterocycles. The molecule has 17 heavy (non-hydrogen) atoms. The van der Waals surface area contributed by atoms with E-state index in [9.17, 15) is 20.1 Å². The SMILES string of the molecule is COC(=O)COc1c[n+]([O-])c(C)cc1[N+](=O)[O-]. The van der Waals surface area contributed by atoms with Gasteiger partial charge in [-0.25, -0.2) is 4.79 Å². The fourth-order valence-electron chi connectivity index (χ4n) is 1.06. The molecule has 1 heterocycles. The van der Waals surface area contributed by atoms with E-state index in [4.69, 9.17) is 4.74 Å². The molecule has 0 aliphatic carbocycles. The van der Waals surface area contributed by atoms with E-state index in [0.29, 0.717) is 4.73 Å². The maximum atomic E-state index is 11.2. The molecule has 0 N–H and O–H groups in total. The van der Waals surface area contributed by atoms with Crippen molar-refractivity contribution in [3.8, 4) is 5.75 Å². The Morgan fingerprint density at radius 2 is 2.24 bits per heavy atom. The lowest BCUT2D eigenvalue weighted by atomic mass is 10.3. The summed E-state index contributed by atoms with van der Waals surface area (Å²) in [5.74, 6) is -0.974. The van der Waals surface area contributed by atoms with Crippen molar-refractivity contribution >= 4 is 11.7 Å². The molecule has 0 bridgehead atoms. The van der Waals surface area contributed by atoms with Gasteiger partial charge in [0.15, 0.2) is 12.3 Å². The van der Waals surface area contributed by atoms with Crippen LogP contribution in [0.3, 0.4) is 0 Å². The molecular formula is C9H10N2O6. The fraction of sp³-hybridized carbons (Fsp3) is 0.333. The fourth-order valence-corrected chi connectivity index (χ4v) is 1.06. The van der Waals surface area contributed by atoms with E-state index in [1.165, 1.54) is 6.92 Å². The summed E-state index contributed by atoms with van der Waals surface area (Å²) in [7, 11) is 1.16. The quantitative estimate of drug-likeness (QED) is 0.243. The Labute approximate surface area is 96.1 Å². The zero-order valence-corrected chi connectivity index (χ0v) is 9.21. The van der Waals surface area contributed by atoms with Crippen LogP contribution in [-0.2, 0) is 9.53 Å². The van der Waals surface area contributed by atoms with E-state index in [1.807, 2.05) is 0 Å². The van der Waals surface area contributed by atoms with Crippen molar-refractivity contribution < 1.29 is 23.9 Å². The van der Waals surface area contributed by atoms with Gasteiger partial charge in [-0.1, -0.05) is 0 Å². The number of ether oxygens (including phenoxy) is 2. The number of esters is 1. The first-order valence-corrected chi connectivity index (χ1v) is 4.53. The van der Waals surface area contributed by atoms with Crippen LogP contribution in [0.1, 0.15) is 5.69 Å². The molecule has 1 aromatic rings. The molecule has 0 aliphatic heterocycles. The molecule has 8 heteroatoms. The Kier molecular flexibility index (Phi) is 3.81. The van der Waals surface area contributed by atoms with Crippen LogP contribution in [0.4, 0.5) is 5.69 Å². The summed E-state index contributed by atoms with van der Waals surface area (Å²) in [6.45, 7) is 0.921. The highest BCUT2D eigenvalue weighted by atomic mass is 16.6. The molecule has 0 aromatic carbocycles. The molecule has 0 saturated carbocycles. The number of nitrogens with zero attached hydrogens (tertiary/aromatic N) is 2. The van der Waals surface area contributed by atoms with Crippen LogP contribution in [0, 0.1) is 22.2 Å². The summed E-state index contributed by atoms with van der Waals surface area (Å²) >= 11 is 0. The highest BCUT2D eigenvalue weighted by molar-refractivity contribution is 5.71. The van der Waals surface area contributed by atoms with Gasteiger partial charge >= 0.3 is 11.7 Å². The predicted molar refractivity (Wildman–Crippen MR) is 54.3 cm³/mol. The molecule has 0 aliphatic rings. The number of aryl methyl sites for hydroxylation is 1. The summed E-state index contributed by atoms with van der Waals surface area (Å²) < 4.78 is 9.57. The summed E-state index contributed by atoms with van der Waals surface area (Å²) in [5.41, 5.74) is -0.222. The van der Waals surface area contributed by atoms with Gasteiger partial charge in [0.05, 0.1) is 18.1 Å². The maximum absolute atomic E-state index is 11.2. The Bertz CT molecular complexity index is 459. The second kappa shape index (κ2) is 5.10. The monoisotopic (exact) mass is 242 g/mol. The minimum absolute atomic E-state index is 0.155. The smallest absolute Gasteiger partial charge is 0.343 e. The van der Waals surface area contributed by atoms with Crippen molar-refractivity contribution in [2.45, 2.75) is 6.92 Å². The van der Waals surface area contributed by atoms with Crippen molar-refractivity contribution in [3.63, 3.8) is 0 Å². The number of nitro groups is 1. The van der Waals surface area contributed by atoms with Gasteiger partial charge in [0, 0.05) is 6.92 Å².